The molecular weight excluding hydrogens is 236 g/mol. The number of fused-ring (bicyclic) bond motifs is 1. The molecule has 0 aliphatic carbocycles. The summed E-state index contributed by atoms with van der Waals surface area (Å²) in [5.41, 5.74) is 6.75. The van der Waals surface area contributed by atoms with Crippen molar-refractivity contribution >= 4 is 37.5 Å². The smallest absolute Gasteiger partial charge is 0.0606 e. The molecule has 2 rings (SSSR count). The van der Waals surface area contributed by atoms with E-state index in [0.29, 0.717) is 6.54 Å². The number of aromatic nitrogens is 1. The summed E-state index contributed by atoms with van der Waals surface area (Å²) in [5, 5.41) is 1.16. The summed E-state index contributed by atoms with van der Waals surface area (Å²) >= 11 is 4.96. The molecule has 0 fully saturated rings. The normalized spacial score (nSPS) is 10.8. The molecule has 62 valence electrons. The Morgan fingerprint density at radius 3 is 3.08 bits per heavy atom. The van der Waals surface area contributed by atoms with Gasteiger partial charge in [0.05, 0.1) is 4.70 Å². The molecule has 0 atom stereocenters. The quantitative estimate of drug-likeness (QED) is 0.835. The first-order valence-electron chi connectivity index (χ1n) is 3.55. The van der Waals surface area contributed by atoms with Crippen molar-refractivity contribution < 1.29 is 0 Å². The zero-order chi connectivity index (χ0) is 8.55. The van der Waals surface area contributed by atoms with E-state index in [4.69, 9.17) is 5.73 Å². The summed E-state index contributed by atoms with van der Waals surface area (Å²) < 4.78 is 6.40. The summed E-state index contributed by atoms with van der Waals surface area (Å²) in [7, 11) is 0. The van der Waals surface area contributed by atoms with E-state index in [2.05, 4.69) is 20.3 Å². The van der Waals surface area contributed by atoms with Gasteiger partial charge in [0.25, 0.3) is 0 Å². The third kappa shape index (κ3) is 1.16. The van der Waals surface area contributed by atoms with Crippen LogP contribution >= 0.6 is 27.5 Å². The Balaban J connectivity index is 2.82. The largest absolute Gasteiger partial charge is 0.326 e. The van der Waals surface area contributed by atoms with Crippen molar-refractivity contribution in [1.82, 2.24) is 4.37 Å². The van der Waals surface area contributed by atoms with Crippen LogP contribution < -0.4 is 5.73 Å². The van der Waals surface area contributed by atoms with E-state index in [1.54, 1.807) is 0 Å². The number of benzene rings is 1. The number of halogens is 1. The fourth-order valence-electron chi connectivity index (χ4n) is 1.14. The van der Waals surface area contributed by atoms with Gasteiger partial charge in [-0.3, -0.25) is 0 Å². The maximum absolute atomic E-state index is 5.59. The van der Waals surface area contributed by atoms with Gasteiger partial charge >= 0.3 is 0 Å². The van der Waals surface area contributed by atoms with E-state index in [1.165, 1.54) is 16.2 Å². The minimum absolute atomic E-state index is 0.575. The maximum Gasteiger partial charge on any atom is 0.0606 e. The van der Waals surface area contributed by atoms with Gasteiger partial charge in [-0.25, -0.2) is 0 Å². The minimum atomic E-state index is 0.575. The molecule has 0 bridgehead atoms. The van der Waals surface area contributed by atoms with Gasteiger partial charge < -0.3 is 5.73 Å². The highest BCUT2D eigenvalue weighted by atomic mass is 79.9. The molecule has 1 heterocycles. The van der Waals surface area contributed by atoms with E-state index in [9.17, 15) is 0 Å². The lowest BCUT2D eigenvalue weighted by molar-refractivity contribution is 1.09. The second-order valence-corrected chi connectivity index (χ2v) is 4.14. The summed E-state index contributed by atoms with van der Waals surface area (Å²) in [5.74, 6) is 0. The Morgan fingerprint density at radius 2 is 2.33 bits per heavy atom. The van der Waals surface area contributed by atoms with E-state index in [-0.39, 0.29) is 0 Å². The molecule has 4 heteroatoms. The summed E-state index contributed by atoms with van der Waals surface area (Å²) in [6, 6.07) is 4.05. The van der Waals surface area contributed by atoms with Crippen LogP contribution in [-0.2, 0) is 6.54 Å². The lowest BCUT2D eigenvalue weighted by Crippen LogP contribution is -1.95. The molecule has 2 aromatic rings. The van der Waals surface area contributed by atoms with Gasteiger partial charge in [0.2, 0.25) is 0 Å². The van der Waals surface area contributed by atoms with Crippen molar-refractivity contribution in [2.45, 2.75) is 6.54 Å². The van der Waals surface area contributed by atoms with Crippen LogP contribution in [0.4, 0.5) is 0 Å². The second-order valence-electron chi connectivity index (χ2n) is 2.48. The van der Waals surface area contributed by atoms with Crippen LogP contribution in [0.15, 0.2) is 22.8 Å². The molecular formula is C8H7BrN2S. The van der Waals surface area contributed by atoms with Gasteiger partial charge in [0.1, 0.15) is 0 Å². The molecule has 0 saturated carbocycles. The zero-order valence-corrected chi connectivity index (χ0v) is 8.65. The third-order valence-corrected chi connectivity index (χ3v) is 3.34. The summed E-state index contributed by atoms with van der Waals surface area (Å²) in [6.07, 6.45) is 1.86. The zero-order valence-electron chi connectivity index (χ0n) is 6.25. The first kappa shape index (κ1) is 8.16. The van der Waals surface area contributed by atoms with Crippen LogP contribution in [0.2, 0.25) is 0 Å². The Morgan fingerprint density at radius 1 is 1.50 bits per heavy atom. The number of nitrogens with zero attached hydrogens (tertiary/aromatic N) is 1. The topological polar surface area (TPSA) is 38.9 Å². The van der Waals surface area contributed by atoms with Crippen LogP contribution in [0, 0.1) is 0 Å². The van der Waals surface area contributed by atoms with Gasteiger partial charge in [-0.15, -0.1) is 0 Å². The molecule has 0 unspecified atom stereocenters. The number of nitrogens with two attached hydrogens (primary N) is 1. The highest BCUT2D eigenvalue weighted by Crippen LogP contribution is 2.29. The highest BCUT2D eigenvalue weighted by Gasteiger charge is 2.04. The van der Waals surface area contributed by atoms with Crippen molar-refractivity contribution in [3.63, 3.8) is 0 Å². The van der Waals surface area contributed by atoms with Crippen molar-refractivity contribution in [1.29, 1.82) is 0 Å². The highest BCUT2D eigenvalue weighted by molar-refractivity contribution is 9.10. The van der Waals surface area contributed by atoms with Crippen molar-refractivity contribution in [2.24, 2.45) is 5.73 Å². The number of hydrogen-bond acceptors (Lipinski definition) is 3. The molecule has 2 N–H and O–H groups in total. The van der Waals surface area contributed by atoms with Crippen molar-refractivity contribution in [2.75, 3.05) is 0 Å². The molecule has 0 saturated heterocycles. The standard InChI is InChI=1S/C8H7BrN2S/c9-7-2-1-5(3-10)8-6(7)4-11-12-8/h1-2,4H,3,10H2. The van der Waals surface area contributed by atoms with E-state index >= 15 is 0 Å². The fourth-order valence-corrected chi connectivity index (χ4v) is 2.50. The average Bonchev–Trinajstić information content (AvgIpc) is 2.54. The molecule has 0 amide bonds. The number of rotatable bonds is 1. The lowest BCUT2D eigenvalue weighted by atomic mass is 10.2. The van der Waals surface area contributed by atoms with Crippen molar-refractivity contribution in [3.05, 3.63) is 28.4 Å². The minimum Gasteiger partial charge on any atom is -0.326 e. The van der Waals surface area contributed by atoms with Gasteiger partial charge in [-0.1, -0.05) is 22.0 Å². The molecule has 0 aliphatic heterocycles. The molecule has 0 aliphatic rings. The second kappa shape index (κ2) is 3.12. The predicted molar refractivity (Wildman–Crippen MR) is 55.2 cm³/mol. The van der Waals surface area contributed by atoms with Crippen LogP contribution in [0.25, 0.3) is 10.1 Å². The Labute approximate surface area is 82.7 Å². The number of hydrogen-bond donors (Lipinski definition) is 1. The van der Waals surface area contributed by atoms with Gasteiger partial charge in [0.15, 0.2) is 0 Å². The first-order chi connectivity index (χ1) is 5.83. The Hall–Kier alpha value is -0.450. The monoisotopic (exact) mass is 242 g/mol. The van der Waals surface area contributed by atoms with Crippen LogP contribution in [0.5, 0.6) is 0 Å². The molecule has 1 aromatic heterocycles. The van der Waals surface area contributed by atoms with Crippen LogP contribution in [0.1, 0.15) is 5.56 Å². The predicted octanol–water partition coefficient (Wildman–Crippen LogP) is 2.52. The molecule has 1 aromatic carbocycles. The third-order valence-electron chi connectivity index (χ3n) is 1.77. The maximum atomic E-state index is 5.59. The Kier molecular flexibility index (Phi) is 2.12. The SMILES string of the molecule is NCc1ccc(Br)c2cnsc12. The van der Waals surface area contributed by atoms with E-state index in [0.717, 1.165) is 15.4 Å². The molecule has 2 nitrogen and oxygen atoms in total. The summed E-state index contributed by atoms with van der Waals surface area (Å²) in [4.78, 5) is 0. The van der Waals surface area contributed by atoms with Crippen LogP contribution in [0.3, 0.4) is 0 Å². The fraction of sp³-hybridized carbons (Fsp3) is 0.125. The average molecular weight is 243 g/mol. The lowest BCUT2D eigenvalue weighted by Gasteiger charge is -1.98. The van der Waals surface area contributed by atoms with Crippen LogP contribution in [-0.4, -0.2) is 4.37 Å². The van der Waals surface area contributed by atoms with Gasteiger partial charge in [-0.05, 0) is 23.2 Å². The first-order valence-corrected chi connectivity index (χ1v) is 5.11. The summed E-state index contributed by atoms with van der Waals surface area (Å²) in [6.45, 7) is 0.575. The molecule has 12 heavy (non-hydrogen) atoms. The van der Waals surface area contributed by atoms with Gasteiger partial charge in [-0.2, -0.15) is 4.37 Å². The van der Waals surface area contributed by atoms with E-state index in [1.807, 2.05) is 18.3 Å². The van der Waals surface area contributed by atoms with Gasteiger partial charge in [0, 0.05) is 22.6 Å². The molecule has 0 spiro atoms. The molecule has 0 radical (unpaired) electrons. The van der Waals surface area contributed by atoms with E-state index < -0.39 is 0 Å². The Bertz CT molecular complexity index is 410. The van der Waals surface area contributed by atoms with Crippen molar-refractivity contribution in [3.8, 4) is 0 Å².